The van der Waals surface area contributed by atoms with E-state index in [1.54, 1.807) is 12.1 Å². The van der Waals surface area contributed by atoms with Gasteiger partial charge in [0.25, 0.3) is 5.91 Å². The molecule has 2 heterocycles. The van der Waals surface area contributed by atoms with Crippen LogP contribution in [0.15, 0.2) is 76.1 Å². The van der Waals surface area contributed by atoms with Crippen LogP contribution in [0.1, 0.15) is 5.56 Å². The number of benzene rings is 3. The maximum atomic E-state index is 13.6. The fraction of sp³-hybridized carbons (Fsp3) is 0.0417. The van der Waals surface area contributed by atoms with Crippen molar-refractivity contribution >= 4 is 34.8 Å². The second-order valence-electron chi connectivity index (χ2n) is 7.27. The van der Waals surface area contributed by atoms with Crippen molar-refractivity contribution in [1.29, 1.82) is 0 Å². The van der Waals surface area contributed by atoms with Gasteiger partial charge in [-0.15, -0.1) is 11.3 Å². The number of halogens is 3. The van der Waals surface area contributed by atoms with Crippen LogP contribution in [0.3, 0.4) is 0 Å². The second-order valence-corrected chi connectivity index (χ2v) is 8.11. The lowest BCUT2D eigenvalue weighted by Crippen LogP contribution is -2.25. The molecule has 6 nitrogen and oxygen atoms in total. The minimum absolute atomic E-state index is 0.0516. The van der Waals surface area contributed by atoms with Gasteiger partial charge in [0, 0.05) is 10.9 Å². The Labute approximate surface area is 195 Å². The van der Waals surface area contributed by atoms with Crippen LogP contribution in [0.5, 0.6) is 5.75 Å². The van der Waals surface area contributed by atoms with E-state index in [0.29, 0.717) is 38.7 Å². The zero-order valence-corrected chi connectivity index (χ0v) is 18.2. The molecule has 1 aromatic heterocycles. The molecule has 0 unspecified atom stereocenters. The number of fused-ring (bicyclic) bond motifs is 1. The van der Waals surface area contributed by atoms with Crippen LogP contribution in [0.2, 0.25) is 0 Å². The van der Waals surface area contributed by atoms with E-state index in [4.69, 9.17) is 4.74 Å². The summed E-state index contributed by atoms with van der Waals surface area (Å²) >= 11 is 1.28. The van der Waals surface area contributed by atoms with Gasteiger partial charge in [0.15, 0.2) is 18.2 Å². The van der Waals surface area contributed by atoms with E-state index in [2.05, 4.69) is 15.4 Å². The van der Waals surface area contributed by atoms with Crippen LogP contribution >= 0.6 is 11.3 Å². The predicted molar refractivity (Wildman–Crippen MR) is 123 cm³/mol. The molecule has 0 spiro atoms. The fourth-order valence-electron chi connectivity index (χ4n) is 3.27. The number of ether oxygens (including phenoxy) is 1. The summed E-state index contributed by atoms with van der Waals surface area (Å²) in [5.41, 5.74) is 2.73. The van der Waals surface area contributed by atoms with Crippen molar-refractivity contribution in [2.75, 3.05) is 11.9 Å². The highest BCUT2D eigenvalue weighted by atomic mass is 32.1. The molecule has 4 aromatic rings. The quantitative estimate of drug-likeness (QED) is 0.414. The molecular formula is C24H15F3N4O2S. The van der Waals surface area contributed by atoms with E-state index in [0.717, 1.165) is 12.1 Å². The number of anilines is 1. The number of carbonyl (C=O) groups excluding carboxylic acids is 1. The smallest absolute Gasteiger partial charge is 0.262 e. The maximum absolute atomic E-state index is 13.6. The van der Waals surface area contributed by atoms with Gasteiger partial charge in [-0.1, -0.05) is 6.07 Å². The summed E-state index contributed by atoms with van der Waals surface area (Å²) in [6, 6.07) is 14.4. The minimum atomic E-state index is -0.985. The third-order valence-electron chi connectivity index (χ3n) is 4.91. The molecule has 0 saturated heterocycles. The van der Waals surface area contributed by atoms with E-state index in [1.807, 2.05) is 11.4 Å². The van der Waals surface area contributed by atoms with Crippen molar-refractivity contribution in [2.45, 2.75) is 0 Å². The summed E-state index contributed by atoms with van der Waals surface area (Å²) in [5.74, 6) is -2.03. The van der Waals surface area contributed by atoms with Gasteiger partial charge < -0.3 is 10.1 Å². The zero-order valence-electron chi connectivity index (χ0n) is 17.3. The summed E-state index contributed by atoms with van der Waals surface area (Å²) < 4.78 is 47.2. The van der Waals surface area contributed by atoms with E-state index in [1.165, 1.54) is 52.6 Å². The molecule has 3 aromatic carbocycles. The first-order chi connectivity index (χ1) is 16.5. The first-order valence-corrected chi connectivity index (χ1v) is 10.9. The topological polar surface area (TPSA) is 68.0 Å². The van der Waals surface area contributed by atoms with Crippen molar-refractivity contribution in [2.24, 2.45) is 10.1 Å². The average Bonchev–Trinajstić information content (AvgIpc) is 3.23. The highest BCUT2D eigenvalue weighted by Gasteiger charge is 2.18. The summed E-state index contributed by atoms with van der Waals surface area (Å²) in [5, 5.41) is 9.03. The van der Waals surface area contributed by atoms with Gasteiger partial charge in [-0.3, -0.25) is 4.79 Å². The van der Waals surface area contributed by atoms with Crippen LogP contribution in [0.25, 0.3) is 11.3 Å². The summed E-state index contributed by atoms with van der Waals surface area (Å²) in [6.07, 6.45) is 1.38. The second kappa shape index (κ2) is 8.99. The molecule has 1 aliphatic heterocycles. The van der Waals surface area contributed by atoms with Crippen LogP contribution in [0, 0.1) is 17.5 Å². The Balaban J connectivity index is 1.62. The summed E-state index contributed by atoms with van der Waals surface area (Å²) in [4.78, 5) is 16.7. The van der Waals surface area contributed by atoms with E-state index in [9.17, 15) is 18.0 Å². The number of aromatic nitrogens is 1. The Morgan fingerprint density at radius 1 is 1.00 bits per heavy atom. The molecule has 34 heavy (non-hydrogen) atoms. The Morgan fingerprint density at radius 2 is 1.82 bits per heavy atom. The van der Waals surface area contributed by atoms with Crippen LogP contribution in [-0.4, -0.2) is 23.4 Å². The number of amides is 1. The molecule has 10 heteroatoms. The Bertz CT molecular complexity index is 1490. The summed E-state index contributed by atoms with van der Waals surface area (Å²) in [6.45, 7) is -0.0516. The van der Waals surface area contributed by atoms with Gasteiger partial charge in [0.2, 0.25) is 4.80 Å². The third kappa shape index (κ3) is 4.48. The molecule has 1 amide bonds. The molecule has 0 atom stereocenters. The van der Waals surface area contributed by atoms with Gasteiger partial charge in [-0.25, -0.2) is 22.8 Å². The molecule has 1 aliphatic rings. The molecule has 0 bridgehead atoms. The van der Waals surface area contributed by atoms with Crippen molar-refractivity contribution in [3.63, 3.8) is 0 Å². The Kier molecular flexibility index (Phi) is 5.72. The average molecular weight is 480 g/mol. The first kappa shape index (κ1) is 21.7. The van der Waals surface area contributed by atoms with Gasteiger partial charge in [0.05, 0.1) is 23.3 Å². The number of nitrogens with zero attached hydrogens (tertiary/aromatic N) is 3. The van der Waals surface area contributed by atoms with E-state index in [-0.39, 0.29) is 18.3 Å². The number of hydrogen-bond acceptors (Lipinski definition) is 5. The van der Waals surface area contributed by atoms with Crippen molar-refractivity contribution in [1.82, 2.24) is 4.68 Å². The van der Waals surface area contributed by atoms with E-state index >= 15 is 0 Å². The molecule has 0 fully saturated rings. The van der Waals surface area contributed by atoms with Crippen LogP contribution < -0.4 is 14.9 Å². The molecule has 0 saturated carbocycles. The number of thiazole rings is 1. The standard InChI is InChI=1S/C24H15F3N4O2S/c25-16-3-5-17(6-4-16)29-24-31(28-11-14-1-7-18(26)19(27)9-14)21(13-34-24)15-2-8-22-20(10-15)30-23(32)12-33-22/h1-11,13H,12H2,(H,30,32). The van der Waals surface area contributed by atoms with E-state index < -0.39 is 11.6 Å². The molecule has 1 N–H and O–H groups in total. The van der Waals surface area contributed by atoms with Gasteiger partial charge in [0.1, 0.15) is 11.6 Å². The first-order valence-electron chi connectivity index (χ1n) is 10.0. The van der Waals surface area contributed by atoms with Crippen molar-refractivity contribution < 1.29 is 22.7 Å². The molecular weight excluding hydrogens is 465 g/mol. The highest BCUT2D eigenvalue weighted by Crippen LogP contribution is 2.33. The Hall–Kier alpha value is -4.18. The SMILES string of the molecule is O=C1COc2ccc(-c3csc(=Nc4ccc(F)cc4)n3N=Cc3ccc(F)c(F)c3)cc2N1. The van der Waals surface area contributed by atoms with Crippen molar-refractivity contribution in [3.8, 4) is 17.0 Å². The number of hydrogen-bond donors (Lipinski definition) is 1. The lowest BCUT2D eigenvalue weighted by atomic mass is 10.1. The Morgan fingerprint density at radius 3 is 2.62 bits per heavy atom. The molecule has 5 rings (SSSR count). The fourth-order valence-corrected chi connectivity index (χ4v) is 4.13. The monoisotopic (exact) mass is 480 g/mol. The number of nitrogens with one attached hydrogen (secondary N) is 1. The normalized spacial score (nSPS) is 13.6. The molecule has 170 valence electrons. The highest BCUT2D eigenvalue weighted by molar-refractivity contribution is 7.07. The van der Waals surface area contributed by atoms with Crippen molar-refractivity contribution in [3.05, 3.63) is 93.9 Å². The van der Waals surface area contributed by atoms with Gasteiger partial charge in [-0.2, -0.15) is 5.10 Å². The zero-order chi connectivity index (χ0) is 23.7. The van der Waals surface area contributed by atoms with Gasteiger partial charge >= 0.3 is 0 Å². The number of rotatable bonds is 4. The largest absolute Gasteiger partial charge is 0.482 e. The lowest BCUT2D eigenvalue weighted by Gasteiger charge is -2.18. The van der Waals surface area contributed by atoms with Gasteiger partial charge in [-0.05, 0) is 60.2 Å². The lowest BCUT2D eigenvalue weighted by molar-refractivity contribution is -0.118. The maximum Gasteiger partial charge on any atom is 0.262 e. The third-order valence-corrected chi connectivity index (χ3v) is 5.73. The predicted octanol–water partition coefficient (Wildman–Crippen LogP) is 5.08. The van der Waals surface area contributed by atoms with Crippen LogP contribution in [-0.2, 0) is 4.79 Å². The minimum Gasteiger partial charge on any atom is -0.482 e. The van der Waals surface area contributed by atoms with Crippen LogP contribution in [0.4, 0.5) is 24.5 Å². The number of carbonyl (C=O) groups is 1. The molecule has 0 aliphatic carbocycles. The molecule has 0 radical (unpaired) electrons. The summed E-state index contributed by atoms with van der Waals surface area (Å²) in [7, 11) is 0.